The SMILES string of the molecule is CCC(NC(C)c1c[nH]cn1)c1ccc(F)c(Oc2ccccc2)c1F. The summed E-state index contributed by atoms with van der Waals surface area (Å²) in [6.45, 7) is 3.89. The first kappa shape index (κ1) is 18.1. The lowest BCUT2D eigenvalue weighted by atomic mass is 10.0. The van der Waals surface area contributed by atoms with Gasteiger partial charge < -0.3 is 15.0 Å². The second-order valence-electron chi connectivity index (χ2n) is 6.04. The lowest BCUT2D eigenvalue weighted by molar-refractivity contribution is 0.387. The molecule has 6 heteroatoms. The molecule has 1 heterocycles. The molecule has 0 saturated heterocycles. The van der Waals surface area contributed by atoms with E-state index < -0.39 is 11.6 Å². The summed E-state index contributed by atoms with van der Waals surface area (Å²) in [6.07, 6.45) is 4.01. The Kier molecular flexibility index (Phi) is 5.63. The van der Waals surface area contributed by atoms with Gasteiger partial charge in [0, 0.05) is 23.8 Å². The van der Waals surface area contributed by atoms with Crippen molar-refractivity contribution < 1.29 is 13.5 Å². The van der Waals surface area contributed by atoms with Crippen molar-refractivity contribution in [3.63, 3.8) is 0 Å². The lowest BCUT2D eigenvalue weighted by Crippen LogP contribution is -2.25. The molecule has 0 amide bonds. The van der Waals surface area contributed by atoms with Gasteiger partial charge in [0.2, 0.25) is 0 Å². The maximum absolute atomic E-state index is 15.0. The van der Waals surface area contributed by atoms with Crippen LogP contribution in [0.4, 0.5) is 8.78 Å². The van der Waals surface area contributed by atoms with Gasteiger partial charge in [0.15, 0.2) is 17.4 Å². The first-order valence-corrected chi connectivity index (χ1v) is 8.55. The molecule has 1 aromatic heterocycles. The van der Waals surface area contributed by atoms with Gasteiger partial charge in [0.05, 0.1) is 12.0 Å². The zero-order valence-electron chi connectivity index (χ0n) is 14.7. The van der Waals surface area contributed by atoms with Gasteiger partial charge in [-0.2, -0.15) is 0 Å². The van der Waals surface area contributed by atoms with Crippen LogP contribution < -0.4 is 10.1 Å². The zero-order valence-corrected chi connectivity index (χ0v) is 14.7. The minimum absolute atomic E-state index is 0.0888. The quantitative estimate of drug-likeness (QED) is 0.605. The summed E-state index contributed by atoms with van der Waals surface area (Å²) in [4.78, 5) is 7.11. The van der Waals surface area contributed by atoms with Crippen LogP contribution in [0.5, 0.6) is 11.5 Å². The van der Waals surface area contributed by atoms with Crippen molar-refractivity contribution >= 4 is 0 Å². The van der Waals surface area contributed by atoms with Crippen molar-refractivity contribution in [2.45, 2.75) is 32.4 Å². The van der Waals surface area contributed by atoms with Gasteiger partial charge in [-0.3, -0.25) is 0 Å². The molecular weight excluding hydrogens is 336 g/mol. The second-order valence-corrected chi connectivity index (χ2v) is 6.04. The highest BCUT2D eigenvalue weighted by Gasteiger charge is 2.23. The van der Waals surface area contributed by atoms with E-state index in [-0.39, 0.29) is 17.8 Å². The van der Waals surface area contributed by atoms with Crippen LogP contribution in [0.1, 0.15) is 43.6 Å². The monoisotopic (exact) mass is 357 g/mol. The van der Waals surface area contributed by atoms with Gasteiger partial charge in [-0.25, -0.2) is 13.8 Å². The summed E-state index contributed by atoms with van der Waals surface area (Å²) in [5.41, 5.74) is 1.19. The fourth-order valence-corrected chi connectivity index (χ4v) is 2.84. The Morgan fingerprint density at radius 2 is 1.92 bits per heavy atom. The van der Waals surface area contributed by atoms with Crippen molar-refractivity contribution in [3.05, 3.63) is 77.9 Å². The Morgan fingerprint density at radius 1 is 1.15 bits per heavy atom. The summed E-state index contributed by atoms with van der Waals surface area (Å²) >= 11 is 0. The third-order valence-corrected chi connectivity index (χ3v) is 4.24. The number of H-pyrrole nitrogens is 1. The third kappa shape index (κ3) is 3.91. The fourth-order valence-electron chi connectivity index (χ4n) is 2.84. The summed E-state index contributed by atoms with van der Waals surface area (Å²) in [6, 6.07) is 10.9. The van der Waals surface area contributed by atoms with Crippen LogP contribution in [0.15, 0.2) is 55.0 Å². The molecule has 4 nitrogen and oxygen atoms in total. The highest BCUT2D eigenvalue weighted by atomic mass is 19.1. The van der Waals surface area contributed by atoms with E-state index >= 15 is 4.39 Å². The average Bonchev–Trinajstić information content (AvgIpc) is 3.19. The van der Waals surface area contributed by atoms with Crippen molar-refractivity contribution in [2.75, 3.05) is 0 Å². The van der Waals surface area contributed by atoms with E-state index in [1.807, 2.05) is 19.9 Å². The van der Waals surface area contributed by atoms with Crippen molar-refractivity contribution in [1.29, 1.82) is 0 Å². The molecule has 0 radical (unpaired) electrons. The number of nitrogens with one attached hydrogen (secondary N) is 2. The predicted octanol–water partition coefficient (Wildman–Crippen LogP) is 5.28. The zero-order chi connectivity index (χ0) is 18.5. The molecule has 26 heavy (non-hydrogen) atoms. The Bertz CT molecular complexity index is 838. The molecule has 2 unspecified atom stereocenters. The maximum atomic E-state index is 15.0. The number of nitrogens with zero attached hydrogens (tertiary/aromatic N) is 1. The summed E-state index contributed by atoms with van der Waals surface area (Å²) in [5.74, 6) is -1.43. The van der Waals surface area contributed by atoms with Gasteiger partial charge in [-0.1, -0.05) is 31.2 Å². The molecule has 0 aliphatic rings. The number of ether oxygens (including phenoxy) is 1. The number of hydrogen-bond acceptors (Lipinski definition) is 3. The number of benzene rings is 2. The van der Waals surface area contributed by atoms with E-state index in [1.54, 1.807) is 36.8 Å². The van der Waals surface area contributed by atoms with Crippen LogP contribution >= 0.6 is 0 Å². The standard InChI is InChI=1S/C20H21F2N3O/c1-3-17(25-13(2)18-11-23-12-24-18)15-9-10-16(21)20(19(15)22)26-14-7-5-4-6-8-14/h4-13,17,25H,3H2,1-2H3,(H,23,24). The molecule has 0 saturated carbocycles. The van der Waals surface area contributed by atoms with Crippen LogP contribution in [0.2, 0.25) is 0 Å². The smallest absolute Gasteiger partial charge is 0.198 e. The molecule has 2 N–H and O–H groups in total. The molecule has 3 aromatic rings. The fraction of sp³-hybridized carbons (Fsp3) is 0.250. The molecule has 0 bridgehead atoms. The van der Waals surface area contributed by atoms with Gasteiger partial charge in [-0.15, -0.1) is 0 Å². The van der Waals surface area contributed by atoms with Crippen molar-refractivity contribution in [1.82, 2.24) is 15.3 Å². The predicted molar refractivity (Wildman–Crippen MR) is 96.0 cm³/mol. The molecular formula is C20H21F2N3O. The lowest BCUT2D eigenvalue weighted by Gasteiger charge is -2.23. The Hall–Kier alpha value is -2.73. The van der Waals surface area contributed by atoms with Crippen molar-refractivity contribution in [3.8, 4) is 11.5 Å². The first-order chi connectivity index (χ1) is 12.6. The topological polar surface area (TPSA) is 49.9 Å². The molecule has 3 rings (SSSR count). The average molecular weight is 357 g/mol. The molecule has 0 fully saturated rings. The Labute approximate surface area is 151 Å². The van der Waals surface area contributed by atoms with Gasteiger partial charge in [-0.05, 0) is 31.5 Å². The highest BCUT2D eigenvalue weighted by molar-refractivity contribution is 5.38. The van der Waals surface area contributed by atoms with E-state index in [2.05, 4.69) is 15.3 Å². The molecule has 0 aliphatic heterocycles. The summed E-state index contributed by atoms with van der Waals surface area (Å²) < 4.78 is 34.6. The Morgan fingerprint density at radius 3 is 2.58 bits per heavy atom. The first-order valence-electron chi connectivity index (χ1n) is 8.55. The molecule has 2 atom stereocenters. The van der Waals surface area contributed by atoms with Crippen LogP contribution in [0.25, 0.3) is 0 Å². The van der Waals surface area contributed by atoms with E-state index in [4.69, 9.17) is 4.74 Å². The number of aromatic nitrogens is 2. The number of imidazole rings is 1. The second kappa shape index (κ2) is 8.10. The normalized spacial score (nSPS) is 13.4. The number of aromatic amines is 1. The van der Waals surface area contributed by atoms with Gasteiger partial charge in [0.1, 0.15) is 5.75 Å². The minimum atomic E-state index is -0.731. The third-order valence-electron chi connectivity index (χ3n) is 4.24. The van der Waals surface area contributed by atoms with Crippen LogP contribution in [0.3, 0.4) is 0 Å². The number of para-hydroxylation sites is 1. The van der Waals surface area contributed by atoms with E-state index in [1.165, 1.54) is 12.1 Å². The molecule has 0 spiro atoms. The largest absolute Gasteiger partial charge is 0.451 e. The van der Waals surface area contributed by atoms with Crippen molar-refractivity contribution in [2.24, 2.45) is 0 Å². The van der Waals surface area contributed by atoms with E-state index in [0.717, 1.165) is 5.69 Å². The van der Waals surface area contributed by atoms with Gasteiger partial charge in [0.25, 0.3) is 0 Å². The Balaban J connectivity index is 1.87. The highest BCUT2D eigenvalue weighted by Crippen LogP contribution is 2.33. The van der Waals surface area contributed by atoms with Crippen LogP contribution in [-0.4, -0.2) is 9.97 Å². The molecule has 136 valence electrons. The molecule has 2 aromatic carbocycles. The number of hydrogen-bond donors (Lipinski definition) is 2. The van der Waals surface area contributed by atoms with E-state index in [0.29, 0.717) is 17.7 Å². The number of halogens is 2. The van der Waals surface area contributed by atoms with Gasteiger partial charge >= 0.3 is 0 Å². The summed E-state index contributed by atoms with van der Waals surface area (Å²) in [5, 5.41) is 3.34. The van der Waals surface area contributed by atoms with Crippen LogP contribution in [-0.2, 0) is 0 Å². The summed E-state index contributed by atoms with van der Waals surface area (Å²) in [7, 11) is 0. The van der Waals surface area contributed by atoms with Crippen LogP contribution in [0, 0.1) is 11.6 Å². The molecule has 0 aliphatic carbocycles. The number of rotatable bonds is 7. The minimum Gasteiger partial charge on any atom is -0.451 e. The van der Waals surface area contributed by atoms with E-state index in [9.17, 15) is 4.39 Å². The maximum Gasteiger partial charge on any atom is 0.198 e.